The summed E-state index contributed by atoms with van der Waals surface area (Å²) in [6, 6.07) is 10.3. The van der Waals surface area contributed by atoms with Crippen LogP contribution in [0.15, 0.2) is 59.8 Å². The second-order valence-electron chi connectivity index (χ2n) is 15.4. The lowest BCUT2D eigenvalue weighted by atomic mass is 9.92. The van der Waals surface area contributed by atoms with Gasteiger partial charge in [-0.2, -0.15) is 0 Å². The number of hydrogen-bond acceptors (Lipinski definition) is 12. The summed E-state index contributed by atoms with van der Waals surface area (Å²) in [6.07, 6.45) is 8.79. The van der Waals surface area contributed by atoms with E-state index in [1.165, 1.54) is 0 Å². The molecule has 4 aliphatic rings. The molecule has 0 bridgehead atoms. The molecule has 310 valence electrons. The lowest BCUT2D eigenvalue weighted by molar-refractivity contribution is -0.136. The van der Waals surface area contributed by atoms with Gasteiger partial charge in [0.05, 0.1) is 36.3 Å². The number of amides is 4. The Morgan fingerprint density at radius 3 is 2.17 bits per heavy atom. The number of carbonyl (C=O) groups excluding carboxylic acids is 4. The minimum Gasteiger partial charge on any atom is -0.496 e. The number of pyridine rings is 2. The Balaban J connectivity index is 0.00000171. The van der Waals surface area contributed by atoms with Gasteiger partial charge in [-0.05, 0) is 98.6 Å². The van der Waals surface area contributed by atoms with Crippen molar-refractivity contribution in [2.24, 2.45) is 13.0 Å². The topological polar surface area (TPSA) is 184 Å². The van der Waals surface area contributed by atoms with Crippen LogP contribution in [0.2, 0.25) is 0 Å². The van der Waals surface area contributed by atoms with Crippen LogP contribution in [0, 0.1) is 5.92 Å². The van der Waals surface area contributed by atoms with Crippen LogP contribution in [0.1, 0.15) is 58.4 Å². The average Bonchev–Trinajstić information content (AvgIpc) is 3.50. The maximum absolute atomic E-state index is 13.3. The molecular weight excluding hydrogens is 759 g/mol. The predicted octanol–water partition coefficient (Wildman–Crippen LogP) is 3.14. The number of nitrogens with one attached hydrogen (secondary N) is 1. The number of piperazine rings is 1. The van der Waals surface area contributed by atoms with Gasteiger partial charge in [-0.3, -0.25) is 53.8 Å². The van der Waals surface area contributed by atoms with E-state index in [2.05, 4.69) is 25.0 Å². The van der Waals surface area contributed by atoms with E-state index in [1.54, 1.807) is 50.4 Å². The van der Waals surface area contributed by atoms with E-state index in [9.17, 15) is 24.0 Å². The van der Waals surface area contributed by atoms with Gasteiger partial charge in [0.15, 0.2) is 0 Å². The molecular formula is C43H49N7O9. The molecule has 2 aromatic carbocycles. The maximum atomic E-state index is 13.3. The number of methoxy groups -OCH3 is 2. The van der Waals surface area contributed by atoms with Crippen molar-refractivity contribution < 1.29 is 38.6 Å². The van der Waals surface area contributed by atoms with Crippen molar-refractivity contribution in [3.8, 4) is 22.6 Å². The normalized spacial score (nSPS) is 19.0. The Morgan fingerprint density at radius 2 is 1.51 bits per heavy atom. The quantitative estimate of drug-likeness (QED) is 0.176. The number of aromatic nitrogens is 2. The predicted molar refractivity (Wildman–Crippen MR) is 219 cm³/mol. The van der Waals surface area contributed by atoms with Crippen LogP contribution >= 0.6 is 0 Å². The van der Waals surface area contributed by atoms with Gasteiger partial charge >= 0.3 is 0 Å². The van der Waals surface area contributed by atoms with E-state index < -0.39 is 23.8 Å². The first-order valence-corrected chi connectivity index (χ1v) is 19.9. The first kappa shape index (κ1) is 41.0. The molecule has 0 radical (unpaired) electrons. The van der Waals surface area contributed by atoms with E-state index in [1.807, 2.05) is 30.5 Å². The second kappa shape index (κ2) is 17.8. The van der Waals surface area contributed by atoms with Crippen molar-refractivity contribution in [2.75, 3.05) is 64.9 Å². The summed E-state index contributed by atoms with van der Waals surface area (Å²) < 4.78 is 13.5. The number of imide groups is 2. The highest BCUT2D eigenvalue weighted by molar-refractivity contribution is 6.23. The molecule has 59 heavy (non-hydrogen) atoms. The molecule has 0 saturated carbocycles. The third kappa shape index (κ3) is 8.41. The Bertz CT molecular complexity index is 2310. The average molecular weight is 808 g/mol. The summed E-state index contributed by atoms with van der Waals surface area (Å²) in [5, 5.41) is 10.5. The molecule has 16 heteroatoms. The fraction of sp³-hybridized carbons (Fsp3) is 0.419. The summed E-state index contributed by atoms with van der Waals surface area (Å²) >= 11 is 0. The standard InChI is InChI=1S/C42H47N7O7.CH2O2/c1-45-24-33(29-8-12-43-23-32(29)40(45)52)27-20-36(55-2)34(37(21-27)56-3)25-47-14-10-26(11-15-47)9-13-46-16-18-48(19-17-46)28-4-5-30-31(22-28)42(54)49(41(30)53)35-6-7-38(50)44-39(35)51;2-1-3/h4-5,8,12,20-24,26,35H,6-7,9-11,13-19,25H2,1-3H3,(H,44,50,51);1H,(H,2,3). The number of benzene rings is 2. The summed E-state index contributed by atoms with van der Waals surface area (Å²) in [6.45, 7) is 6.94. The number of aryl methyl sites for hydroxylation is 1. The van der Waals surface area contributed by atoms with Gasteiger partial charge in [0.2, 0.25) is 11.8 Å². The first-order valence-electron chi connectivity index (χ1n) is 19.9. The van der Waals surface area contributed by atoms with E-state index in [4.69, 9.17) is 19.4 Å². The number of ether oxygens (including phenoxy) is 2. The SMILES string of the molecule is COc1cc(-c2cn(C)c(=O)c3cnccc23)cc(OC)c1CN1CCC(CCN2CCN(c3ccc4c(c3)C(=O)N(C3CCC(=O)NC3=O)C4=O)CC2)CC1.O=CO. The first-order chi connectivity index (χ1) is 28.5. The molecule has 1 atom stereocenters. The molecule has 16 nitrogen and oxygen atoms in total. The number of likely N-dealkylation sites (tertiary alicyclic amines) is 1. The second-order valence-corrected chi connectivity index (χ2v) is 15.4. The van der Waals surface area contributed by atoms with Crippen LogP contribution in [0.3, 0.4) is 0 Å². The number of anilines is 1. The number of carbonyl (C=O) groups is 5. The fourth-order valence-electron chi connectivity index (χ4n) is 8.74. The molecule has 3 fully saturated rings. The number of rotatable bonds is 10. The lowest BCUT2D eigenvalue weighted by Gasteiger charge is -2.38. The Kier molecular flexibility index (Phi) is 12.4. The number of hydrogen-bond donors (Lipinski definition) is 2. The molecule has 0 spiro atoms. The van der Waals surface area contributed by atoms with Gasteiger partial charge in [0.25, 0.3) is 23.8 Å². The zero-order chi connectivity index (χ0) is 41.8. The largest absolute Gasteiger partial charge is 0.496 e. The Morgan fingerprint density at radius 1 is 0.831 bits per heavy atom. The molecule has 6 heterocycles. The zero-order valence-corrected chi connectivity index (χ0v) is 33.5. The number of fused-ring (bicyclic) bond motifs is 2. The van der Waals surface area contributed by atoms with E-state index in [0.29, 0.717) is 22.4 Å². The van der Waals surface area contributed by atoms with Crippen LogP contribution in [0.4, 0.5) is 5.69 Å². The molecule has 2 N–H and O–H groups in total. The van der Waals surface area contributed by atoms with Crippen molar-refractivity contribution >= 4 is 46.6 Å². The van der Waals surface area contributed by atoms with Crippen LogP contribution in [-0.2, 0) is 28.0 Å². The molecule has 2 aromatic heterocycles. The van der Waals surface area contributed by atoms with Gasteiger partial charge < -0.3 is 24.0 Å². The monoisotopic (exact) mass is 807 g/mol. The van der Waals surface area contributed by atoms with E-state index in [-0.39, 0.29) is 30.8 Å². The molecule has 4 amide bonds. The van der Waals surface area contributed by atoms with Crippen molar-refractivity contribution in [3.05, 3.63) is 82.0 Å². The van der Waals surface area contributed by atoms with Gasteiger partial charge in [-0.15, -0.1) is 0 Å². The highest BCUT2D eigenvalue weighted by Gasteiger charge is 2.45. The summed E-state index contributed by atoms with van der Waals surface area (Å²) in [7, 11) is 5.12. The van der Waals surface area contributed by atoms with Crippen molar-refractivity contribution in [3.63, 3.8) is 0 Å². The zero-order valence-electron chi connectivity index (χ0n) is 33.5. The molecule has 3 saturated heterocycles. The summed E-state index contributed by atoms with van der Waals surface area (Å²) in [4.78, 5) is 84.1. The maximum Gasteiger partial charge on any atom is 0.290 e. The van der Waals surface area contributed by atoms with Gasteiger partial charge in [-0.25, -0.2) is 0 Å². The lowest BCUT2D eigenvalue weighted by Crippen LogP contribution is -2.54. The molecule has 1 unspecified atom stereocenters. The fourth-order valence-corrected chi connectivity index (χ4v) is 8.74. The van der Waals surface area contributed by atoms with Crippen LogP contribution in [0.5, 0.6) is 11.5 Å². The number of carboxylic acid groups (broad SMARTS) is 1. The highest BCUT2D eigenvalue weighted by atomic mass is 16.5. The third-order valence-corrected chi connectivity index (χ3v) is 12.0. The minimum absolute atomic E-state index is 0.0897. The number of nitrogens with zero attached hydrogens (tertiary/aromatic N) is 6. The van der Waals surface area contributed by atoms with Crippen molar-refractivity contribution in [1.29, 1.82) is 0 Å². The van der Waals surface area contributed by atoms with Gasteiger partial charge in [0.1, 0.15) is 17.5 Å². The van der Waals surface area contributed by atoms with E-state index >= 15 is 0 Å². The van der Waals surface area contributed by atoms with Crippen molar-refractivity contribution in [1.82, 2.24) is 29.6 Å². The number of piperidine rings is 2. The third-order valence-electron chi connectivity index (χ3n) is 12.0. The Labute approximate surface area is 341 Å². The summed E-state index contributed by atoms with van der Waals surface area (Å²) in [5.74, 6) is 0.204. The van der Waals surface area contributed by atoms with Crippen LogP contribution in [0.25, 0.3) is 21.9 Å². The minimum atomic E-state index is -0.968. The smallest absolute Gasteiger partial charge is 0.290 e. The molecule has 4 aliphatic heterocycles. The summed E-state index contributed by atoms with van der Waals surface area (Å²) in [5.41, 5.74) is 4.24. The van der Waals surface area contributed by atoms with Gasteiger partial charge in [0, 0.05) is 76.0 Å². The van der Waals surface area contributed by atoms with Crippen LogP contribution < -0.4 is 25.2 Å². The molecule has 8 rings (SSSR count). The molecule has 4 aromatic rings. The van der Waals surface area contributed by atoms with Crippen molar-refractivity contribution in [2.45, 2.75) is 44.7 Å². The Hall–Kier alpha value is -6.13. The van der Waals surface area contributed by atoms with Gasteiger partial charge in [-0.1, -0.05) is 0 Å². The highest BCUT2D eigenvalue weighted by Crippen LogP contribution is 2.39. The molecule has 0 aliphatic carbocycles. The van der Waals surface area contributed by atoms with Crippen LogP contribution in [-0.4, -0.2) is 126 Å². The van der Waals surface area contributed by atoms with E-state index in [0.717, 1.165) is 116 Å².